The minimum atomic E-state index is 0.334. The number of nitrogen functional groups attached to an aromatic ring is 1. The minimum absolute atomic E-state index is 0.334. The predicted molar refractivity (Wildman–Crippen MR) is 89.4 cm³/mol. The van der Waals surface area contributed by atoms with Crippen molar-refractivity contribution in [3.8, 4) is 6.01 Å². The van der Waals surface area contributed by atoms with E-state index in [0.717, 1.165) is 38.0 Å². The fourth-order valence-electron chi connectivity index (χ4n) is 3.08. The van der Waals surface area contributed by atoms with Gasteiger partial charge in [-0.25, -0.2) is 9.50 Å². The molecular weight excluding hydrogens is 292 g/mol. The Morgan fingerprint density at radius 1 is 1.48 bits per heavy atom. The van der Waals surface area contributed by atoms with Crippen LogP contribution >= 0.6 is 0 Å². The summed E-state index contributed by atoms with van der Waals surface area (Å²) in [5, 5.41) is 7.92. The zero-order chi connectivity index (χ0) is 16.2. The number of unbranched alkanes of at least 4 members (excludes halogenated alkanes) is 1. The number of aromatic nitrogens is 4. The summed E-state index contributed by atoms with van der Waals surface area (Å²) in [5.41, 5.74) is 7.70. The predicted octanol–water partition coefficient (Wildman–Crippen LogP) is 1.67. The lowest BCUT2D eigenvalue weighted by molar-refractivity contribution is 0.266. The van der Waals surface area contributed by atoms with E-state index >= 15 is 0 Å². The van der Waals surface area contributed by atoms with Crippen molar-refractivity contribution in [1.29, 1.82) is 0 Å². The smallest absolute Gasteiger partial charge is 0.336 e. The summed E-state index contributed by atoms with van der Waals surface area (Å²) in [6.45, 7) is 7.17. The van der Waals surface area contributed by atoms with Gasteiger partial charge in [-0.05, 0) is 44.2 Å². The summed E-state index contributed by atoms with van der Waals surface area (Å²) in [6.07, 6.45) is 6.04. The number of ether oxygens (including phenoxy) is 1. The molecule has 2 unspecified atom stereocenters. The van der Waals surface area contributed by atoms with Crippen molar-refractivity contribution in [3.63, 3.8) is 0 Å². The van der Waals surface area contributed by atoms with Crippen LogP contribution in [0, 0.1) is 11.8 Å². The van der Waals surface area contributed by atoms with Gasteiger partial charge < -0.3 is 15.8 Å². The van der Waals surface area contributed by atoms with Gasteiger partial charge in [-0.1, -0.05) is 20.3 Å². The average Bonchev–Trinajstić information content (AvgIpc) is 2.94. The Kier molecular flexibility index (Phi) is 4.95. The van der Waals surface area contributed by atoms with Crippen LogP contribution in [-0.4, -0.2) is 39.3 Å². The number of anilines is 1. The van der Waals surface area contributed by atoms with Crippen LogP contribution in [0.15, 0.2) is 6.20 Å². The lowest BCUT2D eigenvalue weighted by Crippen LogP contribution is -2.36. The molecule has 3 N–H and O–H groups in total. The molecule has 3 rings (SSSR count). The van der Waals surface area contributed by atoms with E-state index in [9.17, 15) is 0 Å². The highest BCUT2D eigenvalue weighted by Gasteiger charge is 2.23. The third kappa shape index (κ3) is 3.55. The second-order valence-electron chi connectivity index (χ2n) is 6.40. The molecule has 0 bridgehead atoms. The van der Waals surface area contributed by atoms with Crippen molar-refractivity contribution >= 4 is 11.5 Å². The first-order valence-corrected chi connectivity index (χ1v) is 8.52. The molecule has 0 aromatic carbocycles. The van der Waals surface area contributed by atoms with Gasteiger partial charge in [0.25, 0.3) is 0 Å². The highest BCUT2D eigenvalue weighted by Crippen LogP contribution is 2.24. The van der Waals surface area contributed by atoms with Gasteiger partial charge in [0.05, 0.1) is 18.5 Å². The van der Waals surface area contributed by atoms with Crippen molar-refractivity contribution < 1.29 is 4.74 Å². The molecule has 7 nitrogen and oxygen atoms in total. The number of nitrogens with one attached hydrogen (secondary N) is 1. The van der Waals surface area contributed by atoms with Crippen LogP contribution in [0.3, 0.4) is 0 Å². The Balaban J connectivity index is 1.82. The highest BCUT2D eigenvalue weighted by atomic mass is 16.5. The van der Waals surface area contributed by atoms with Crippen molar-refractivity contribution in [2.75, 3.05) is 25.4 Å². The molecule has 0 spiro atoms. The standard InChI is InChI=1S/C16H26N6O/c1-3-4-7-23-16-20-14(17)15-19-10-13(22(15)21-16)8-12-5-6-18-9-11(12)2/h10-12,18H,3-9H2,1-2H3,(H2,17,20,21). The molecule has 1 saturated heterocycles. The quantitative estimate of drug-likeness (QED) is 0.788. The molecule has 0 saturated carbocycles. The summed E-state index contributed by atoms with van der Waals surface area (Å²) in [7, 11) is 0. The van der Waals surface area contributed by atoms with Gasteiger partial charge in [0.2, 0.25) is 0 Å². The van der Waals surface area contributed by atoms with E-state index in [0.29, 0.717) is 35.9 Å². The van der Waals surface area contributed by atoms with Crippen molar-refractivity contribution in [2.24, 2.45) is 11.8 Å². The molecule has 1 aliphatic rings. The Morgan fingerprint density at radius 3 is 3.13 bits per heavy atom. The summed E-state index contributed by atoms with van der Waals surface area (Å²) in [6, 6.07) is 0.334. The maximum absolute atomic E-state index is 6.01. The molecule has 1 fully saturated rings. The zero-order valence-electron chi connectivity index (χ0n) is 14.0. The topological polar surface area (TPSA) is 90.4 Å². The lowest BCUT2D eigenvalue weighted by Gasteiger charge is -2.29. The van der Waals surface area contributed by atoms with E-state index in [2.05, 4.69) is 34.2 Å². The maximum atomic E-state index is 6.01. The van der Waals surface area contributed by atoms with Crippen LogP contribution in [0.25, 0.3) is 5.65 Å². The normalized spacial score (nSPS) is 21.7. The molecular formula is C16H26N6O. The lowest BCUT2D eigenvalue weighted by atomic mass is 9.84. The fraction of sp³-hybridized carbons (Fsp3) is 0.688. The van der Waals surface area contributed by atoms with Crippen LogP contribution in [-0.2, 0) is 6.42 Å². The SMILES string of the molecule is CCCCOc1nc(N)c2ncc(CC3CCNCC3C)n2n1. The first-order chi connectivity index (χ1) is 11.2. The van der Waals surface area contributed by atoms with Gasteiger partial charge in [-0.15, -0.1) is 5.10 Å². The molecule has 2 aromatic heterocycles. The molecule has 3 heterocycles. The van der Waals surface area contributed by atoms with Crippen molar-refractivity contribution in [3.05, 3.63) is 11.9 Å². The number of rotatable bonds is 6. The second kappa shape index (κ2) is 7.12. The molecule has 0 radical (unpaired) electrons. The summed E-state index contributed by atoms with van der Waals surface area (Å²) < 4.78 is 7.41. The Labute approximate surface area is 136 Å². The van der Waals surface area contributed by atoms with E-state index in [1.807, 2.05) is 6.20 Å². The molecule has 0 aliphatic carbocycles. The van der Waals surface area contributed by atoms with Crippen LogP contribution in [0.1, 0.15) is 38.8 Å². The third-order valence-electron chi connectivity index (χ3n) is 4.60. The van der Waals surface area contributed by atoms with E-state index in [-0.39, 0.29) is 0 Å². The Morgan fingerprint density at radius 2 is 2.35 bits per heavy atom. The van der Waals surface area contributed by atoms with Crippen molar-refractivity contribution in [2.45, 2.75) is 39.5 Å². The molecule has 0 amide bonds. The van der Waals surface area contributed by atoms with Gasteiger partial charge in [-0.2, -0.15) is 4.98 Å². The monoisotopic (exact) mass is 318 g/mol. The maximum Gasteiger partial charge on any atom is 0.336 e. The van der Waals surface area contributed by atoms with E-state index < -0.39 is 0 Å². The third-order valence-corrected chi connectivity index (χ3v) is 4.60. The van der Waals surface area contributed by atoms with Crippen LogP contribution in [0.5, 0.6) is 6.01 Å². The largest absolute Gasteiger partial charge is 0.462 e. The zero-order valence-corrected chi connectivity index (χ0v) is 14.0. The van der Waals surface area contributed by atoms with Crippen LogP contribution < -0.4 is 15.8 Å². The summed E-state index contributed by atoms with van der Waals surface area (Å²) >= 11 is 0. The molecule has 7 heteroatoms. The molecule has 23 heavy (non-hydrogen) atoms. The van der Waals surface area contributed by atoms with Gasteiger partial charge >= 0.3 is 6.01 Å². The molecule has 1 aliphatic heterocycles. The summed E-state index contributed by atoms with van der Waals surface area (Å²) in [4.78, 5) is 8.59. The van der Waals surface area contributed by atoms with E-state index in [4.69, 9.17) is 10.5 Å². The fourth-order valence-corrected chi connectivity index (χ4v) is 3.08. The van der Waals surface area contributed by atoms with Crippen molar-refractivity contribution in [1.82, 2.24) is 24.9 Å². The number of hydrogen-bond donors (Lipinski definition) is 2. The molecule has 126 valence electrons. The highest BCUT2D eigenvalue weighted by molar-refractivity contribution is 5.59. The summed E-state index contributed by atoms with van der Waals surface area (Å²) in [5.74, 6) is 1.65. The number of imidazole rings is 1. The Bertz CT molecular complexity index is 655. The first kappa shape index (κ1) is 16.0. The minimum Gasteiger partial charge on any atom is -0.462 e. The van der Waals surface area contributed by atoms with Gasteiger partial charge in [0, 0.05) is 0 Å². The van der Waals surface area contributed by atoms with Gasteiger partial charge in [0.15, 0.2) is 11.5 Å². The number of piperidine rings is 1. The number of hydrogen-bond acceptors (Lipinski definition) is 6. The van der Waals surface area contributed by atoms with Gasteiger partial charge in [-0.3, -0.25) is 0 Å². The second-order valence-corrected chi connectivity index (χ2v) is 6.40. The number of fused-ring (bicyclic) bond motifs is 1. The first-order valence-electron chi connectivity index (χ1n) is 8.52. The number of nitrogens with zero attached hydrogens (tertiary/aromatic N) is 4. The molecule has 2 atom stereocenters. The number of nitrogens with two attached hydrogens (primary N) is 1. The van der Waals surface area contributed by atoms with Crippen LogP contribution in [0.4, 0.5) is 5.82 Å². The average molecular weight is 318 g/mol. The molecule has 2 aromatic rings. The van der Waals surface area contributed by atoms with Crippen LogP contribution in [0.2, 0.25) is 0 Å². The van der Waals surface area contributed by atoms with Gasteiger partial charge in [0.1, 0.15) is 0 Å². The van der Waals surface area contributed by atoms with E-state index in [1.54, 1.807) is 4.52 Å². The Hall–Kier alpha value is -1.89. The van der Waals surface area contributed by atoms with E-state index in [1.165, 1.54) is 6.42 Å².